The summed E-state index contributed by atoms with van der Waals surface area (Å²) in [6.07, 6.45) is 0.935. The van der Waals surface area contributed by atoms with Crippen LogP contribution in [0, 0.1) is 5.92 Å². The molecule has 0 aliphatic rings. The lowest BCUT2D eigenvalue weighted by atomic mass is 9.91. The van der Waals surface area contributed by atoms with E-state index in [1.54, 1.807) is 0 Å². The Balaban J connectivity index is 2.81. The van der Waals surface area contributed by atoms with Gasteiger partial charge in [0.2, 0.25) is 0 Å². The van der Waals surface area contributed by atoms with Crippen LogP contribution in [-0.2, 0) is 0 Å². The number of rotatable bonds is 5. The first-order valence-corrected chi connectivity index (χ1v) is 6.40. The third kappa shape index (κ3) is 3.80. The number of aliphatic hydroxyl groups excluding tert-OH is 1. The van der Waals surface area contributed by atoms with Crippen molar-refractivity contribution >= 4 is 21.6 Å². The topological polar surface area (TPSA) is 32.3 Å². The maximum atomic E-state index is 9.51. The molecule has 1 rings (SSSR count). The predicted octanol–water partition coefficient (Wildman–Crippen LogP) is 3.66. The molecule has 0 radical (unpaired) electrons. The highest BCUT2D eigenvalue weighted by Crippen LogP contribution is 2.27. The summed E-state index contributed by atoms with van der Waals surface area (Å²) >= 11 is 3.50. The largest absolute Gasteiger partial charge is 0.394 e. The lowest BCUT2D eigenvalue weighted by molar-refractivity contribution is 0.202. The van der Waals surface area contributed by atoms with Crippen molar-refractivity contribution in [1.29, 1.82) is 0 Å². The second-order valence-electron chi connectivity index (χ2n) is 4.92. The Bertz CT molecular complexity index is 340. The standard InChI is InChI=1S/C13H20BrNO/c1-10(2)8-13(3,9-16)15-12-7-5-4-6-11(12)14/h4-7,10,15-16H,8-9H2,1-3H3. The maximum Gasteiger partial charge on any atom is 0.0658 e. The van der Waals surface area contributed by atoms with Gasteiger partial charge in [0.25, 0.3) is 0 Å². The SMILES string of the molecule is CC(C)CC(C)(CO)Nc1ccccc1Br. The van der Waals surface area contributed by atoms with E-state index in [1.165, 1.54) is 0 Å². The fourth-order valence-corrected chi connectivity index (χ4v) is 2.33. The lowest BCUT2D eigenvalue weighted by Gasteiger charge is -2.32. The molecule has 2 N–H and O–H groups in total. The molecule has 90 valence electrons. The van der Waals surface area contributed by atoms with Gasteiger partial charge in [0.05, 0.1) is 12.1 Å². The summed E-state index contributed by atoms with van der Waals surface area (Å²) in [5.74, 6) is 0.548. The van der Waals surface area contributed by atoms with Gasteiger partial charge in [-0.2, -0.15) is 0 Å². The molecule has 0 spiro atoms. The van der Waals surface area contributed by atoms with Crippen molar-refractivity contribution in [3.05, 3.63) is 28.7 Å². The number of halogens is 1. The van der Waals surface area contributed by atoms with Crippen molar-refractivity contribution in [2.45, 2.75) is 32.7 Å². The maximum absolute atomic E-state index is 9.51. The average Bonchev–Trinajstić information content (AvgIpc) is 2.20. The number of para-hydroxylation sites is 1. The van der Waals surface area contributed by atoms with Crippen molar-refractivity contribution in [2.24, 2.45) is 5.92 Å². The Labute approximate surface area is 106 Å². The van der Waals surface area contributed by atoms with E-state index >= 15 is 0 Å². The van der Waals surface area contributed by atoms with Crippen LogP contribution in [0.2, 0.25) is 0 Å². The first-order valence-electron chi connectivity index (χ1n) is 5.60. The Hall–Kier alpha value is -0.540. The summed E-state index contributed by atoms with van der Waals surface area (Å²) in [4.78, 5) is 0. The predicted molar refractivity (Wildman–Crippen MR) is 72.7 cm³/mol. The average molecular weight is 286 g/mol. The highest BCUT2D eigenvalue weighted by Gasteiger charge is 2.24. The third-order valence-corrected chi connectivity index (χ3v) is 3.21. The van der Waals surface area contributed by atoms with E-state index in [1.807, 2.05) is 31.2 Å². The van der Waals surface area contributed by atoms with Gasteiger partial charge in [0.15, 0.2) is 0 Å². The molecule has 1 aromatic carbocycles. The second kappa shape index (κ2) is 5.69. The Morgan fingerprint density at radius 1 is 1.38 bits per heavy atom. The number of hydrogen-bond acceptors (Lipinski definition) is 2. The lowest BCUT2D eigenvalue weighted by Crippen LogP contribution is -2.40. The monoisotopic (exact) mass is 285 g/mol. The van der Waals surface area contributed by atoms with Crippen LogP contribution in [-0.4, -0.2) is 17.3 Å². The van der Waals surface area contributed by atoms with Gasteiger partial charge in [-0.3, -0.25) is 0 Å². The van der Waals surface area contributed by atoms with E-state index in [9.17, 15) is 5.11 Å². The van der Waals surface area contributed by atoms with E-state index < -0.39 is 0 Å². The molecule has 0 fully saturated rings. The Morgan fingerprint density at radius 2 is 2.00 bits per heavy atom. The van der Waals surface area contributed by atoms with Gasteiger partial charge in [-0.05, 0) is 47.3 Å². The van der Waals surface area contributed by atoms with Crippen molar-refractivity contribution in [3.8, 4) is 0 Å². The molecule has 3 heteroatoms. The molecule has 2 nitrogen and oxygen atoms in total. The number of nitrogens with one attached hydrogen (secondary N) is 1. The molecule has 1 atom stereocenters. The van der Waals surface area contributed by atoms with Gasteiger partial charge < -0.3 is 10.4 Å². The van der Waals surface area contributed by atoms with Crippen LogP contribution in [0.4, 0.5) is 5.69 Å². The van der Waals surface area contributed by atoms with Gasteiger partial charge in [-0.1, -0.05) is 26.0 Å². The molecule has 0 saturated carbocycles. The molecule has 0 aliphatic carbocycles. The summed E-state index contributed by atoms with van der Waals surface area (Å²) < 4.78 is 1.03. The quantitative estimate of drug-likeness (QED) is 0.865. The molecule has 0 amide bonds. The molecule has 0 aliphatic heterocycles. The van der Waals surface area contributed by atoms with E-state index in [-0.39, 0.29) is 12.1 Å². The summed E-state index contributed by atoms with van der Waals surface area (Å²) in [7, 11) is 0. The molecular weight excluding hydrogens is 266 g/mol. The molecule has 0 heterocycles. The number of anilines is 1. The minimum Gasteiger partial charge on any atom is -0.394 e. The van der Waals surface area contributed by atoms with E-state index in [4.69, 9.17) is 0 Å². The zero-order valence-electron chi connectivity index (χ0n) is 10.1. The summed E-state index contributed by atoms with van der Waals surface area (Å²) in [6.45, 7) is 6.50. The third-order valence-electron chi connectivity index (χ3n) is 2.52. The van der Waals surface area contributed by atoms with Crippen molar-refractivity contribution in [1.82, 2.24) is 0 Å². The van der Waals surface area contributed by atoms with Gasteiger partial charge in [0, 0.05) is 10.2 Å². The van der Waals surface area contributed by atoms with Gasteiger partial charge in [-0.25, -0.2) is 0 Å². The minimum atomic E-state index is -0.266. The van der Waals surface area contributed by atoms with Crippen molar-refractivity contribution < 1.29 is 5.11 Å². The molecule has 16 heavy (non-hydrogen) atoms. The zero-order valence-corrected chi connectivity index (χ0v) is 11.7. The molecule has 1 unspecified atom stereocenters. The number of benzene rings is 1. The van der Waals surface area contributed by atoms with Crippen molar-refractivity contribution in [2.75, 3.05) is 11.9 Å². The van der Waals surface area contributed by atoms with E-state index in [0.29, 0.717) is 5.92 Å². The number of hydrogen-bond donors (Lipinski definition) is 2. The first kappa shape index (κ1) is 13.5. The van der Waals surface area contributed by atoms with Crippen LogP contribution in [0.3, 0.4) is 0 Å². The van der Waals surface area contributed by atoms with E-state index in [2.05, 4.69) is 35.1 Å². The molecule has 0 saturated heterocycles. The molecular formula is C13H20BrNO. The molecule has 0 bridgehead atoms. The Kier molecular flexibility index (Phi) is 4.81. The normalized spacial score (nSPS) is 14.9. The second-order valence-corrected chi connectivity index (χ2v) is 5.78. The Morgan fingerprint density at radius 3 is 2.50 bits per heavy atom. The van der Waals surface area contributed by atoms with Crippen LogP contribution < -0.4 is 5.32 Å². The van der Waals surface area contributed by atoms with Crippen LogP contribution >= 0.6 is 15.9 Å². The first-order chi connectivity index (χ1) is 7.47. The fourth-order valence-electron chi connectivity index (χ4n) is 1.94. The van der Waals surface area contributed by atoms with Crippen LogP contribution in [0.15, 0.2) is 28.7 Å². The smallest absolute Gasteiger partial charge is 0.0658 e. The zero-order chi connectivity index (χ0) is 12.2. The molecule has 1 aromatic rings. The fraction of sp³-hybridized carbons (Fsp3) is 0.538. The van der Waals surface area contributed by atoms with Crippen molar-refractivity contribution in [3.63, 3.8) is 0 Å². The van der Waals surface area contributed by atoms with Gasteiger partial charge in [-0.15, -0.1) is 0 Å². The van der Waals surface area contributed by atoms with Crippen LogP contribution in [0.1, 0.15) is 27.2 Å². The highest BCUT2D eigenvalue weighted by atomic mass is 79.9. The summed E-state index contributed by atoms with van der Waals surface area (Å²) in [5.41, 5.74) is 0.762. The number of aliphatic hydroxyl groups is 1. The van der Waals surface area contributed by atoms with Crippen LogP contribution in [0.5, 0.6) is 0 Å². The summed E-state index contributed by atoms with van der Waals surface area (Å²) in [6, 6.07) is 7.97. The van der Waals surface area contributed by atoms with Gasteiger partial charge >= 0.3 is 0 Å². The highest BCUT2D eigenvalue weighted by molar-refractivity contribution is 9.10. The molecule has 0 aromatic heterocycles. The van der Waals surface area contributed by atoms with E-state index in [0.717, 1.165) is 16.6 Å². The minimum absolute atomic E-state index is 0.131. The van der Waals surface area contributed by atoms with Gasteiger partial charge in [0.1, 0.15) is 0 Å². The van der Waals surface area contributed by atoms with Crippen LogP contribution in [0.25, 0.3) is 0 Å². The summed E-state index contributed by atoms with van der Waals surface area (Å²) in [5, 5.41) is 12.9.